The Kier molecular flexibility index (Phi) is 8.47. The number of allylic oxidation sites excluding steroid dienone is 1. The Hall–Kier alpha value is -3.54. The molecule has 36 heavy (non-hydrogen) atoms. The van der Waals surface area contributed by atoms with E-state index in [9.17, 15) is 18.0 Å². The standard InChI is InChI=1S/C30H29F3O3/c1-2-35-26-17-18-27(29(33)28(26)32)36-30(34)25-15-13-24(14-16-25)23-11-9-22(10-12-23)21-7-5-20(6-8-21)4-3-19-31/h3-8,13-18,22-23H,2,9-12,19H2,1H3/b4-3+. The van der Waals surface area contributed by atoms with Gasteiger partial charge in [-0.05, 0) is 85.4 Å². The zero-order valence-electron chi connectivity index (χ0n) is 20.2. The van der Waals surface area contributed by atoms with Gasteiger partial charge < -0.3 is 9.47 Å². The van der Waals surface area contributed by atoms with E-state index in [4.69, 9.17) is 9.47 Å². The Bertz CT molecular complexity index is 1200. The van der Waals surface area contributed by atoms with Crippen LogP contribution in [-0.4, -0.2) is 19.3 Å². The number of hydrogen-bond acceptors (Lipinski definition) is 3. The SMILES string of the molecule is CCOc1ccc(OC(=O)c2ccc(C3CCC(c4ccc(/C=C/CF)cc4)CC3)cc2)c(F)c1F. The van der Waals surface area contributed by atoms with Gasteiger partial charge in [-0.2, -0.15) is 8.78 Å². The quantitative estimate of drug-likeness (QED) is 0.235. The summed E-state index contributed by atoms with van der Waals surface area (Å²) in [5.41, 5.74) is 3.72. The van der Waals surface area contributed by atoms with Gasteiger partial charge in [0.15, 0.2) is 11.5 Å². The van der Waals surface area contributed by atoms with Crippen LogP contribution in [0.25, 0.3) is 6.08 Å². The highest BCUT2D eigenvalue weighted by atomic mass is 19.2. The second-order valence-electron chi connectivity index (χ2n) is 8.91. The molecular formula is C30H29F3O3. The van der Waals surface area contributed by atoms with E-state index in [0.29, 0.717) is 11.8 Å². The lowest BCUT2D eigenvalue weighted by Crippen LogP contribution is -2.13. The van der Waals surface area contributed by atoms with Crippen LogP contribution in [0.5, 0.6) is 11.5 Å². The molecule has 0 bridgehead atoms. The second kappa shape index (κ2) is 11.9. The summed E-state index contributed by atoms with van der Waals surface area (Å²) in [6, 6.07) is 17.9. The fraction of sp³-hybridized carbons (Fsp3) is 0.300. The number of carbonyl (C=O) groups excluding carboxylic acids is 1. The number of ether oxygens (including phenoxy) is 2. The maximum Gasteiger partial charge on any atom is 0.343 e. The fourth-order valence-corrected chi connectivity index (χ4v) is 4.73. The Morgan fingerprint density at radius 3 is 1.92 bits per heavy atom. The van der Waals surface area contributed by atoms with Crippen LogP contribution in [0.2, 0.25) is 0 Å². The molecule has 0 spiro atoms. The summed E-state index contributed by atoms with van der Waals surface area (Å²) in [7, 11) is 0. The maximum atomic E-state index is 14.2. The van der Waals surface area contributed by atoms with Crippen molar-refractivity contribution in [2.45, 2.75) is 44.4 Å². The molecule has 3 aromatic rings. The third-order valence-corrected chi connectivity index (χ3v) is 6.67. The van der Waals surface area contributed by atoms with Crippen molar-refractivity contribution in [3.63, 3.8) is 0 Å². The van der Waals surface area contributed by atoms with Crippen molar-refractivity contribution in [1.82, 2.24) is 0 Å². The normalized spacial score (nSPS) is 17.8. The molecular weight excluding hydrogens is 465 g/mol. The summed E-state index contributed by atoms with van der Waals surface area (Å²) in [6.07, 6.45) is 7.49. The van der Waals surface area contributed by atoms with Crippen molar-refractivity contribution < 1.29 is 27.4 Å². The topological polar surface area (TPSA) is 35.5 Å². The van der Waals surface area contributed by atoms with Crippen LogP contribution < -0.4 is 9.47 Å². The van der Waals surface area contributed by atoms with Gasteiger partial charge in [-0.15, -0.1) is 0 Å². The summed E-state index contributed by atoms with van der Waals surface area (Å²) in [5, 5.41) is 0. The molecule has 3 nitrogen and oxygen atoms in total. The first-order chi connectivity index (χ1) is 17.5. The van der Waals surface area contributed by atoms with Crippen molar-refractivity contribution >= 4 is 12.0 Å². The first-order valence-corrected chi connectivity index (χ1v) is 12.3. The van der Waals surface area contributed by atoms with Gasteiger partial charge in [-0.1, -0.05) is 48.6 Å². The van der Waals surface area contributed by atoms with Crippen molar-refractivity contribution in [2.24, 2.45) is 0 Å². The molecule has 0 atom stereocenters. The highest BCUT2D eigenvalue weighted by Crippen LogP contribution is 2.40. The van der Waals surface area contributed by atoms with Gasteiger partial charge in [-0.3, -0.25) is 0 Å². The Labute approximate surface area is 209 Å². The summed E-state index contributed by atoms with van der Waals surface area (Å²) in [5.74, 6) is -3.00. The minimum absolute atomic E-state index is 0.191. The molecule has 4 rings (SSSR count). The minimum atomic E-state index is -1.26. The van der Waals surface area contributed by atoms with Gasteiger partial charge in [0.1, 0.15) is 6.67 Å². The van der Waals surface area contributed by atoms with E-state index >= 15 is 0 Å². The van der Waals surface area contributed by atoms with E-state index in [2.05, 4.69) is 12.1 Å². The predicted octanol–water partition coefficient (Wildman–Crippen LogP) is 8.01. The predicted molar refractivity (Wildman–Crippen MR) is 134 cm³/mol. The summed E-state index contributed by atoms with van der Waals surface area (Å²) in [4.78, 5) is 12.5. The average molecular weight is 495 g/mol. The largest absolute Gasteiger partial charge is 0.491 e. The molecule has 1 aliphatic carbocycles. The molecule has 1 saturated carbocycles. The van der Waals surface area contributed by atoms with Crippen molar-refractivity contribution in [2.75, 3.05) is 13.3 Å². The van der Waals surface area contributed by atoms with Crippen LogP contribution in [0, 0.1) is 11.6 Å². The number of rotatable bonds is 8. The number of halogens is 3. The van der Waals surface area contributed by atoms with E-state index in [1.807, 2.05) is 24.3 Å². The Morgan fingerprint density at radius 1 is 0.833 bits per heavy atom. The summed E-state index contributed by atoms with van der Waals surface area (Å²) >= 11 is 0. The number of hydrogen-bond donors (Lipinski definition) is 0. The molecule has 0 aliphatic heterocycles. The fourth-order valence-electron chi connectivity index (χ4n) is 4.73. The van der Waals surface area contributed by atoms with E-state index in [1.165, 1.54) is 23.8 Å². The monoisotopic (exact) mass is 494 g/mol. The zero-order chi connectivity index (χ0) is 25.5. The van der Waals surface area contributed by atoms with Crippen LogP contribution in [0.4, 0.5) is 13.2 Å². The number of esters is 1. The third kappa shape index (κ3) is 5.99. The third-order valence-electron chi connectivity index (χ3n) is 6.67. The summed E-state index contributed by atoms with van der Waals surface area (Å²) < 4.78 is 50.7. The Balaban J connectivity index is 1.34. The molecule has 1 aliphatic rings. The molecule has 3 aromatic carbocycles. The van der Waals surface area contributed by atoms with Gasteiger partial charge in [0.25, 0.3) is 0 Å². The molecule has 0 radical (unpaired) electrons. The molecule has 0 N–H and O–H groups in total. The van der Waals surface area contributed by atoms with Crippen molar-refractivity contribution in [3.05, 3.63) is 101 Å². The van der Waals surface area contributed by atoms with Gasteiger partial charge in [0, 0.05) is 0 Å². The highest BCUT2D eigenvalue weighted by Gasteiger charge is 2.24. The second-order valence-corrected chi connectivity index (χ2v) is 8.91. The lowest BCUT2D eigenvalue weighted by Gasteiger charge is -2.29. The molecule has 0 saturated heterocycles. The molecule has 6 heteroatoms. The molecule has 0 aromatic heterocycles. The van der Waals surface area contributed by atoms with Crippen molar-refractivity contribution in [1.29, 1.82) is 0 Å². The molecule has 0 unspecified atom stereocenters. The molecule has 0 amide bonds. The molecule has 1 fully saturated rings. The lowest BCUT2D eigenvalue weighted by atomic mass is 9.76. The minimum Gasteiger partial charge on any atom is -0.491 e. The first-order valence-electron chi connectivity index (χ1n) is 12.3. The van der Waals surface area contributed by atoms with Gasteiger partial charge in [0.05, 0.1) is 12.2 Å². The van der Waals surface area contributed by atoms with Gasteiger partial charge in [0.2, 0.25) is 11.6 Å². The molecule has 188 valence electrons. The van der Waals surface area contributed by atoms with Crippen molar-refractivity contribution in [3.8, 4) is 11.5 Å². The van der Waals surface area contributed by atoms with Crippen LogP contribution in [-0.2, 0) is 0 Å². The zero-order valence-corrected chi connectivity index (χ0v) is 20.2. The van der Waals surface area contributed by atoms with Crippen LogP contribution in [0.3, 0.4) is 0 Å². The smallest absolute Gasteiger partial charge is 0.343 e. The van der Waals surface area contributed by atoms with Gasteiger partial charge >= 0.3 is 5.97 Å². The number of carbonyl (C=O) groups is 1. The van der Waals surface area contributed by atoms with E-state index < -0.39 is 30.0 Å². The first kappa shape index (κ1) is 25.5. The van der Waals surface area contributed by atoms with Crippen LogP contribution in [0.1, 0.15) is 71.5 Å². The lowest BCUT2D eigenvalue weighted by molar-refractivity contribution is 0.0726. The number of benzene rings is 3. The molecule has 0 heterocycles. The maximum absolute atomic E-state index is 14.2. The van der Waals surface area contributed by atoms with Crippen LogP contribution in [0.15, 0.2) is 66.7 Å². The van der Waals surface area contributed by atoms with E-state index in [0.717, 1.165) is 36.8 Å². The van der Waals surface area contributed by atoms with Crippen LogP contribution >= 0.6 is 0 Å². The van der Waals surface area contributed by atoms with Gasteiger partial charge in [-0.25, -0.2) is 9.18 Å². The van der Waals surface area contributed by atoms with E-state index in [1.54, 1.807) is 25.1 Å². The van der Waals surface area contributed by atoms with E-state index in [-0.39, 0.29) is 17.9 Å². The summed E-state index contributed by atoms with van der Waals surface area (Å²) in [6.45, 7) is 1.39. The average Bonchev–Trinajstić information content (AvgIpc) is 2.92. The highest BCUT2D eigenvalue weighted by molar-refractivity contribution is 5.91. The Morgan fingerprint density at radius 2 is 1.36 bits per heavy atom. The number of alkyl halides is 1.